The number of halogens is 3. The van der Waals surface area contributed by atoms with E-state index in [1.165, 1.54) is 0 Å². The van der Waals surface area contributed by atoms with Crippen molar-refractivity contribution in [3.63, 3.8) is 0 Å². The fraction of sp³-hybridized carbons (Fsp3) is 0.400. The molecule has 1 heterocycles. The minimum absolute atomic E-state index is 0.164. The van der Waals surface area contributed by atoms with Crippen LogP contribution in [0.15, 0.2) is 18.2 Å². The largest absolute Gasteiger partial charge is 0.310 e. The Kier molecular flexibility index (Phi) is 5.94. The summed E-state index contributed by atoms with van der Waals surface area (Å²) >= 11 is 14.8. The number of aromatic nitrogens is 2. The number of hydrogen-bond acceptors (Lipinski definition) is 2. The molecule has 3 nitrogen and oxygen atoms in total. The van der Waals surface area contributed by atoms with Gasteiger partial charge in [0.1, 0.15) is 0 Å². The molecule has 1 aromatic carbocycles. The van der Waals surface area contributed by atoms with Crippen molar-refractivity contribution >= 4 is 45.8 Å². The van der Waals surface area contributed by atoms with Gasteiger partial charge in [0.2, 0.25) is 0 Å². The van der Waals surface area contributed by atoms with Crippen molar-refractivity contribution in [1.29, 1.82) is 0 Å². The lowest BCUT2D eigenvalue weighted by Gasteiger charge is -2.19. The predicted molar refractivity (Wildman–Crippen MR) is 97.2 cm³/mol. The number of likely N-dealkylation sites (N-methyl/N-ethyl adjacent to an activating group) is 1. The van der Waals surface area contributed by atoms with Gasteiger partial charge in [0, 0.05) is 23.1 Å². The summed E-state index contributed by atoms with van der Waals surface area (Å²) < 4.78 is 2.92. The molecule has 21 heavy (non-hydrogen) atoms. The molecule has 0 aliphatic rings. The third-order valence-electron chi connectivity index (χ3n) is 3.46. The van der Waals surface area contributed by atoms with Crippen LogP contribution in [0, 0.1) is 10.5 Å². The molecule has 1 unspecified atom stereocenters. The highest BCUT2D eigenvalue weighted by Gasteiger charge is 2.18. The van der Waals surface area contributed by atoms with E-state index in [4.69, 9.17) is 23.2 Å². The first kappa shape index (κ1) is 17.1. The molecule has 2 rings (SSSR count). The van der Waals surface area contributed by atoms with E-state index >= 15 is 0 Å². The van der Waals surface area contributed by atoms with Gasteiger partial charge in [-0.25, -0.2) is 0 Å². The fourth-order valence-corrected chi connectivity index (χ4v) is 3.14. The van der Waals surface area contributed by atoms with Gasteiger partial charge in [-0.2, -0.15) is 5.10 Å². The molecule has 2 aromatic rings. The number of hydrogen-bond donors (Lipinski definition) is 1. The molecule has 0 bridgehead atoms. The van der Waals surface area contributed by atoms with Gasteiger partial charge in [-0.05, 0) is 53.8 Å². The summed E-state index contributed by atoms with van der Waals surface area (Å²) in [6, 6.07) is 6.33. The predicted octanol–water partition coefficient (Wildman–Crippen LogP) is 4.53. The van der Waals surface area contributed by atoms with Crippen LogP contribution in [0.2, 0.25) is 10.0 Å². The maximum atomic E-state index is 6.36. The molecular weight excluding hydrogens is 420 g/mol. The molecule has 114 valence electrons. The molecule has 1 N–H and O–H groups in total. The minimum Gasteiger partial charge on any atom is -0.310 e. The summed E-state index contributed by atoms with van der Waals surface area (Å²) in [5.41, 5.74) is 3.07. The van der Waals surface area contributed by atoms with Gasteiger partial charge in [-0.15, -0.1) is 0 Å². The molecule has 1 atom stereocenters. The maximum Gasteiger partial charge on any atom is 0.0847 e. The number of benzene rings is 1. The summed E-state index contributed by atoms with van der Waals surface area (Å²) in [5, 5.41) is 9.40. The lowest BCUT2D eigenvalue weighted by molar-refractivity contribution is 0.529. The van der Waals surface area contributed by atoms with Crippen molar-refractivity contribution in [3.8, 4) is 0 Å². The van der Waals surface area contributed by atoms with Crippen molar-refractivity contribution in [2.75, 3.05) is 6.54 Å². The molecule has 0 radical (unpaired) electrons. The zero-order valence-electron chi connectivity index (χ0n) is 12.3. The average molecular weight is 438 g/mol. The van der Waals surface area contributed by atoms with Crippen molar-refractivity contribution in [3.05, 3.63) is 48.8 Å². The molecule has 6 heteroatoms. The Labute approximate surface area is 149 Å². The number of aryl methyl sites for hydroxylation is 2. The van der Waals surface area contributed by atoms with Crippen LogP contribution in [0.5, 0.6) is 0 Å². The van der Waals surface area contributed by atoms with Gasteiger partial charge in [0.25, 0.3) is 0 Å². The highest BCUT2D eigenvalue weighted by Crippen LogP contribution is 2.28. The van der Waals surface area contributed by atoms with Crippen LogP contribution in [0.3, 0.4) is 0 Å². The van der Waals surface area contributed by atoms with E-state index in [-0.39, 0.29) is 6.04 Å². The Balaban J connectivity index is 2.32. The van der Waals surface area contributed by atoms with Crippen molar-refractivity contribution in [2.24, 2.45) is 7.05 Å². The van der Waals surface area contributed by atoms with Crippen LogP contribution in [0.25, 0.3) is 0 Å². The lowest BCUT2D eigenvalue weighted by atomic mass is 10.0. The fourth-order valence-electron chi connectivity index (χ4n) is 2.38. The van der Waals surface area contributed by atoms with Gasteiger partial charge in [-0.3, -0.25) is 4.68 Å². The summed E-state index contributed by atoms with van der Waals surface area (Å²) in [4.78, 5) is 0. The number of rotatable bonds is 5. The first-order chi connectivity index (χ1) is 9.93. The normalized spacial score (nSPS) is 12.7. The van der Waals surface area contributed by atoms with Crippen molar-refractivity contribution < 1.29 is 0 Å². The smallest absolute Gasteiger partial charge is 0.0847 e. The monoisotopic (exact) mass is 437 g/mol. The highest BCUT2D eigenvalue weighted by molar-refractivity contribution is 14.1. The third kappa shape index (κ3) is 3.92. The van der Waals surface area contributed by atoms with Crippen LogP contribution in [0.1, 0.15) is 29.9 Å². The molecule has 0 amide bonds. The Morgan fingerprint density at radius 2 is 2.10 bits per heavy atom. The van der Waals surface area contributed by atoms with Crippen LogP contribution >= 0.6 is 45.8 Å². The van der Waals surface area contributed by atoms with Gasteiger partial charge in [0.05, 0.1) is 21.4 Å². The second kappa shape index (κ2) is 7.31. The number of nitrogens with zero attached hydrogens (tertiary/aromatic N) is 2. The Hall–Kier alpha value is -0.300. The molecule has 0 saturated carbocycles. The zero-order valence-corrected chi connectivity index (χ0v) is 15.9. The van der Waals surface area contributed by atoms with E-state index in [9.17, 15) is 0 Å². The second-order valence-electron chi connectivity index (χ2n) is 4.96. The zero-order chi connectivity index (χ0) is 15.6. The Morgan fingerprint density at radius 3 is 2.62 bits per heavy atom. The van der Waals surface area contributed by atoms with E-state index in [1.54, 1.807) is 0 Å². The van der Waals surface area contributed by atoms with Gasteiger partial charge in [-0.1, -0.05) is 36.2 Å². The summed E-state index contributed by atoms with van der Waals surface area (Å²) in [7, 11) is 1.93. The molecule has 0 aliphatic carbocycles. The van der Waals surface area contributed by atoms with Crippen LogP contribution in [-0.4, -0.2) is 16.3 Å². The summed E-state index contributed by atoms with van der Waals surface area (Å²) in [5.74, 6) is 0. The SMILES string of the molecule is CCNC(Cc1c(Cl)c(C)nn1C)c1ccc(I)c(Cl)c1. The Bertz CT molecular complexity index is 640. The quantitative estimate of drug-likeness (QED) is 0.696. The highest BCUT2D eigenvalue weighted by atomic mass is 127. The topological polar surface area (TPSA) is 29.9 Å². The third-order valence-corrected chi connectivity index (χ3v) is 5.52. The van der Waals surface area contributed by atoms with Crippen molar-refractivity contribution in [1.82, 2.24) is 15.1 Å². The van der Waals surface area contributed by atoms with Gasteiger partial charge >= 0.3 is 0 Å². The minimum atomic E-state index is 0.164. The summed E-state index contributed by atoms with van der Waals surface area (Å²) in [6.45, 7) is 4.90. The molecule has 0 saturated heterocycles. The molecule has 0 fully saturated rings. The average Bonchev–Trinajstić information content (AvgIpc) is 2.68. The van der Waals surface area contributed by atoms with E-state index in [0.717, 1.165) is 43.5 Å². The standard InChI is InChI=1S/C15H18Cl2IN3/c1-4-19-13(10-5-6-12(18)11(16)7-10)8-14-15(17)9(2)20-21(14)3/h5-7,13,19H,4,8H2,1-3H3. The van der Waals surface area contributed by atoms with Gasteiger partial charge in [0.15, 0.2) is 0 Å². The lowest BCUT2D eigenvalue weighted by Crippen LogP contribution is -2.24. The Morgan fingerprint density at radius 1 is 1.38 bits per heavy atom. The van der Waals surface area contributed by atoms with E-state index < -0.39 is 0 Å². The van der Waals surface area contributed by atoms with Crippen LogP contribution in [0.4, 0.5) is 0 Å². The van der Waals surface area contributed by atoms with Crippen molar-refractivity contribution in [2.45, 2.75) is 26.3 Å². The second-order valence-corrected chi connectivity index (χ2v) is 6.90. The first-order valence-electron chi connectivity index (χ1n) is 6.80. The van der Waals surface area contributed by atoms with Crippen LogP contribution < -0.4 is 5.32 Å². The van der Waals surface area contributed by atoms with E-state index in [2.05, 4.69) is 46.0 Å². The molecule has 0 spiro atoms. The van der Waals surface area contributed by atoms with Gasteiger partial charge < -0.3 is 5.32 Å². The molecule has 1 aromatic heterocycles. The summed E-state index contributed by atoms with van der Waals surface area (Å²) in [6.07, 6.45) is 0.779. The van der Waals surface area contributed by atoms with E-state index in [0.29, 0.717) is 0 Å². The maximum absolute atomic E-state index is 6.36. The molecule has 0 aliphatic heterocycles. The number of nitrogens with one attached hydrogen (secondary N) is 1. The van der Waals surface area contributed by atoms with Crippen LogP contribution in [-0.2, 0) is 13.5 Å². The van der Waals surface area contributed by atoms with E-state index in [1.807, 2.05) is 30.8 Å². The first-order valence-corrected chi connectivity index (χ1v) is 8.63. The molecular formula is C15H18Cl2IN3.